The predicted molar refractivity (Wildman–Crippen MR) is 115 cm³/mol. The van der Waals surface area contributed by atoms with Gasteiger partial charge in [0.05, 0.1) is 12.1 Å². The van der Waals surface area contributed by atoms with Gasteiger partial charge in [0, 0.05) is 6.54 Å². The third-order valence-electron chi connectivity index (χ3n) is 4.38. The normalized spacial score (nSPS) is 11.9. The number of carbonyl (C=O) groups is 1. The Hall–Kier alpha value is -1.89. The van der Waals surface area contributed by atoms with Gasteiger partial charge in [0.2, 0.25) is 0 Å². The second-order valence-corrected chi connectivity index (χ2v) is 7.77. The lowest BCUT2D eigenvalue weighted by Gasteiger charge is -2.17. The summed E-state index contributed by atoms with van der Waals surface area (Å²) in [6.45, 7) is 2.79. The molecule has 0 amide bonds. The number of methoxy groups -OCH3 is 1. The monoisotopic (exact) mass is 423 g/mol. The van der Waals surface area contributed by atoms with Gasteiger partial charge in [-0.25, -0.2) is 0 Å². The van der Waals surface area contributed by atoms with E-state index < -0.39 is 12.0 Å². The smallest absolute Gasteiger partial charge is 0.320 e. The van der Waals surface area contributed by atoms with E-state index in [9.17, 15) is 9.90 Å². The molecule has 0 aliphatic carbocycles. The Morgan fingerprint density at radius 1 is 1.32 bits per heavy atom. The van der Waals surface area contributed by atoms with E-state index >= 15 is 0 Å². The molecule has 0 spiro atoms. The van der Waals surface area contributed by atoms with Crippen LogP contribution in [0.3, 0.4) is 0 Å². The first kappa shape index (κ1) is 22.4. The Balaban J connectivity index is 2.09. The molecule has 28 heavy (non-hydrogen) atoms. The lowest BCUT2D eigenvalue weighted by Crippen LogP contribution is -2.36. The molecule has 2 rings (SSSR count). The highest BCUT2D eigenvalue weighted by atomic mass is 35.5. The molecule has 0 heterocycles. The van der Waals surface area contributed by atoms with E-state index in [0.717, 1.165) is 22.4 Å². The number of carboxylic acids is 1. The van der Waals surface area contributed by atoms with Gasteiger partial charge >= 0.3 is 5.97 Å². The van der Waals surface area contributed by atoms with Gasteiger partial charge in [0.25, 0.3) is 0 Å². The molecule has 0 radical (unpaired) electrons. The van der Waals surface area contributed by atoms with Crippen LogP contribution in [0.2, 0.25) is 5.02 Å². The fourth-order valence-electron chi connectivity index (χ4n) is 2.73. The molecule has 0 fully saturated rings. The van der Waals surface area contributed by atoms with Gasteiger partial charge in [-0.1, -0.05) is 35.9 Å². The van der Waals surface area contributed by atoms with Crippen LogP contribution in [0.1, 0.15) is 23.1 Å². The Morgan fingerprint density at radius 3 is 2.71 bits per heavy atom. The maximum atomic E-state index is 11.4. The van der Waals surface area contributed by atoms with Gasteiger partial charge in [-0.2, -0.15) is 11.8 Å². The average Bonchev–Trinajstić information content (AvgIpc) is 2.67. The van der Waals surface area contributed by atoms with E-state index in [1.54, 1.807) is 24.9 Å². The van der Waals surface area contributed by atoms with E-state index in [1.807, 2.05) is 43.5 Å². The molecule has 2 N–H and O–H groups in total. The van der Waals surface area contributed by atoms with Crippen molar-refractivity contribution in [1.29, 1.82) is 0 Å². The number of ether oxygens (including phenoxy) is 2. The fraction of sp³-hybridized carbons (Fsp3) is 0.381. The van der Waals surface area contributed by atoms with Crippen LogP contribution in [0, 0.1) is 6.92 Å². The summed E-state index contributed by atoms with van der Waals surface area (Å²) in [5.41, 5.74) is 3.05. The van der Waals surface area contributed by atoms with Crippen LogP contribution in [0.5, 0.6) is 11.5 Å². The van der Waals surface area contributed by atoms with Crippen LogP contribution in [-0.2, 0) is 17.9 Å². The summed E-state index contributed by atoms with van der Waals surface area (Å²) in [6.07, 6.45) is 2.51. The van der Waals surface area contributed by atoms with Gasteiger partial charge in [0.1, 0.15) is 12.6 Å². The zero-order chi connectivity index (χ0) is 20.5. The molecule has 0 saturated carbocycles. The SMILES string of the molecule is COc1cc(CNC(CCSC)C(=O)O)cc(Cl)c1OCc1ccccc1C. The average molecular weight is 424 g/mol. The first-order valence-electron chi connectivity index (χ1n) is 8.95. The van der Waals surface area contributed by atoms with Crippen molar-refractivity contribution in [2.45, 2.75) is 32.5 Å². The third kappa shape index (κ3) is 6.33. The predicted octanol–water partition coefficient (Wildman–Crippen LogP) is 4.53. The van der Waals surface area contributed by atoms with Crippen molar-refractivity contribution in [1.82, 2.24) is 5.32 Å². The van der Waals surface area contributed by atoms with Crippen LogP contribution < -0.4 is 14.8 Å². The highest BCUT2D eigenvalue weighted by molar-refractivity contribution is 7.98. The number of carboxylic acid groups (broad SMARTS) is 1. The second-order valence-electron chi connectivity index (χ2n) is 6.38. The highest BCUT2D eigenvalue weighted by Gasteiger charge is 2.18. The van der Waals surface area contributed by atoms with Crippen molar-refractivity contribution in [3.05, 3.63) is 58.1 Å². The number of hydrogen-bond donors (Lipinski definition) is 2. The molecule has 0 aliphatic heterocycles. The standard InChI is InChI=1S/C21H26ClNO4S/c1-14-6-4-5-7-16(14)13-27-20-17(22)10-15(11-19(20)26-2)12-23-18(21(24)25)8-9-28-3/h4-7,10-11,18,23H,8-9,12-13H2,1-3H3,(H,24,25). The minimum atomic E-state index is -0.856. The lowest BCUT2D eigenvalue weighted by atomic mass is 10.1. The molecule has 1 atom stereocenters. The molecule has 2 aromatic rings. The topological polar surface area (TPSA) is 67.8 Å². The van der Waals surface area contributed by atoms with Crippen molar-refractivity contribution >= 4 is 29.3 Å². The van der Waals surface area contributed by atoms with Crippen molar-refractivity contribution in [3.8, 4) is 11.5 Å². The number of aliphatic carboxylic acids is 1. The molecule has 1 unspecified atom stereocenters. The number of halogens is 1. The minimum absolute atomic E-state index is 0.375. The Bertz CT molecular complexity index is 800. The molecular weight excluding hydrogens is 398 g/mol. The summed E-state index contributed by atoms with van der Waals surface area (Å²) >= 11 is 8.05. The number of rotatable bonds is 11. The van der Waals surface area contributed by atoms with Crippen molar-refractivity contribution < 1.29 is 19.4 Å². The van der Waals surface area contributed by atoms with Gasteiger partial charge in [-0.3, -0.25) is 4.79 Å². The number of nitrogens with one attached hydrogen (secondary N) is 1. The number of benzene rings is 2. The van der Waals surface area contributed by atoms with Gasteiger partial charge in [-0.05, 0) is 54.2 Å². The van der Waals surface area contributed by atoms with Crippen LogP contribution in [0.15, 0.2) is 36.4 Å². The van der Waals surface area contributed by atoms with E-state index in [0.29, 0.717) is 36.1 Å². The molecule has 0 aromatic heterocycles. The maximum Gasteiger partial charge on any atom is 0.320 e. The molecule has 0 aliphatic rings. The van der Waals surface area contributed by atoms with Gasteiger partial charge in [-0.15, -0.1) is 0 Å². The lowest BCUT2D eigenvalue weighted by molar-refractivity contribution is -0.139. The summed E-state index contributed by atoms with van der Waals surface area (Å²) in [5, 5.41) is 12.8. The molecule has 0 bridgehead atoms. The molecule has 0 saturated heterocycles. The Morgan fingerprint density at radius 2 is 2.07 bits per heavy atom. The molecule has 2 aromatic carbocycles. The number of aryl methyl sites for hydroxylation is 1. The zero-order valence-electron chi connectivity index (χ0n) is 16.3. The Labute approximate surface area is 175 Å². The molecule has 7 heteroatoms. The molecule has 5 nitrogen and oxygen atoms in total. The fourth-order valence-corrected chi connectivity index (χ4v) is 3.49. The largest absolute Gasteiger partial charge is 0.493 e. The van der Waals surface area contributed by atoms with Crippen LogP contribution in [-0.4, -0.2) is 36.2 Å². The summed E-state index contributed by atoms with van der Waals surface area (Å²) in [4.78, 5) is 11.4. The van der Waals surface area contributed by atoms with Crippen molar-refractivity contribution in [3.63, 3.8) is 0 Å². The van der Waals surface area contributed by atoms with Crippen molar-refractivity contribution in [2.24, 2.45) is 0 Å². The summed E-state index contributed by atoms with van der Waals surface area (Å²) in [6, 6.07) is 11.0. The summed E-state index contributed by atoms with van der Waals surface area (Å²) in [7, 11) is 1.56. The molecule has 152 valence electrons. The Kier molecular flexibility index (Phi) is 8.96. The van der Waals surface area contributed by atoms with Crippen LogP contribution >= 0.6 is 23.4 Å². The second kappa shape index (κ2) is 11.2. The number of thioether (sulfide) groups is 1. The first-order valence-corrected chi connectivity index (χ1v) is 10.7. The third-order valence-corrected chi connectivity index (χ3v) is 5.31. The first-order chi connectivity index (χ1) is 13.5. The number of hydrogen-bond acceptors (Lipinski definition) is 5. The minimum Gasteiger partial charge on any atom is -0.493 e. The summed E-state index contributed by atoms with van der Waals surface area (Å²) < 4.78 is 11.4. The summed E-state index contributed by atoms with van der Waals surface area (Å²) in [5.74, 6) is 0.923. The van der Waals surface area contributed by atoms with E-state index in [2.05, 4.69) is 5.32 Å². The van der Waals surface area contributed by atoms with E-state index in [-0.39, 0.29) is 0 Å². The van der Waals surface area contributed by atoms with Crippen molar-refractivity contribution in [2.75, 3.05) is 19.1 Å². The van der Waals surface area contributed by atoms with Crippen LogP contribution in [0.25, 0.3) is 0 Å². The van der Waals surface area contributed by atoms with E-state index in [1.165, 1.54) is 0 Å². The van der Waals surface area contributed by atoms with Gasteiger partial charge < -0.3 is 19.9 Å². The molecular formula is C21H26ClNO4S. The van der Waals surface area contributed by atoms with Crippen LogP contribution in [0.4, 0.5) is 0 Å². The van der Waals surface area contributed by atoms with E-state index in [4.69, 9.17) is 21.1 Å². The zero-order valence-corrected chi connectivity index (χ0v) is 17.9. The highest BCUT2D eigenvalue weighted by Crippen LogP contribution is 2.37. The maximum absolute atomic E-state index is 11.4. The quantitative estimate of drug-likeness (QED) is 0.553. The van der Waals surface area contributed by atoms with Gasteiger partial charge in [0.15, 0.2) is 11.5 Å².